The molecule has 0 spiro atoms. The first kappa shape index (κ1) is 25.2. The maximum Gasteiger partial charge on any atom is 0.293 e. The molecule has 1 saturated heterocycles. The van der Waals surface area contributed by atoms with Gasteiger partial charge in [0.25, 0.3) is 17.5 Å². The standard InChI is InChI=1S/C25H32N4O5/c1-3-14-28(21-11-15-27(16-12-21)24(30)19-7-5-4-6-8-19)25(31)20-9-10-22(26-13-17-34-2)23(18-20)29(32)33/h4-10,18,21,26H,3,11-17H2,1-2H3. The van der Waals surface area contributed by atoms with Gasteiger partial charge in [-0.05, 0) is 43.5 Å². The number of nitrogens with zero attached hydrogens (tertiary/aromatic N) is 3. The molecule has 2 aromatic carbocycles. The van der Waals surface area contributed by atoms with Gasteiger partial charge in [-0.1, -0.05) is 25.1 Å². The molecule has 0 atom stereocenters. The highest BCUT2D eigenvalue weighted by molar-refractivity contribution is 5.96. The summed E-state index contributed by atoms with van der Waals surface area (Å²) in [6.45, 7) is 4.51. The Morgan fingerprint density at radius 3 is 2.47 bits per heavy atom. The van der Waals surface area contributed by atoms with Crippen molar-refractivity contribution in [3.05, 3.63) is 69.8 Å². The molecule has 0 saturated carbocycles. The van der Waals surface area contributed by atoms with E-state index in [2.05, 4.69) is 5.32 Å². The summed E-state index contributed by atoms with van der Waals surface area (Å²) in [6, 6.07) is 13.7. The van der Waals surface area contributed by atoms with Gasteiger partial charge in [-0.25, -0.2) is 0 Å². The molecule has 2 amide bonds. The smallest absolute Gasteiger partial charge is 0.293 e. The molecule has 1 heterocycles. The van der Waals surface area contributed by atoms with Gasteiger partial charge in [0.1, 0.15) is 5.69 Å². The Bertz CT molecular complexity index is 990. The predicted octanol–water partition coefficient (Wildman–Crippen LogP) is 3.81. The number of amides is 2. The summed E-state index contributed by atoms with van der Waals surface area (Å²) < 4.78 is 4.98. The number of piperidine rings is 1. The lowest BCUT2D eigenvalue weighted by Gasteiger charge is -2.38. The van der Waals surface area contributed by atoms with Crippen LogP contribution >= 0.6 is 0 Å². The van der Waals surface area contributed by atoms with Crippen molar-refractivity contribution in [1.29, 1.82) is 0 Å². The number of nitro benzene ring substituents is 1. The third kappa shape index (κ3) is 6.11. The first-order chi connectivity index (χ1) is 16.5. The second kappa shape index (κ2) is 12.1. The minimum Gasteiger partial charge on any atom is -0.383 e. The van der Waals surface area contributed by atoms with Crippen molar-refractivity contribution in [1.82, 2.24) is 9.80 Å². The topological polar surface area (TPSA) is 105 Å². The summed E-state index contributed by atoms with van der Waals surface area (Å²) in [5.74, 6) is -0.221. The van der Waals surface area contributed by atoms with Crippen molar-refractivity contribution in [2.75, 3.05) is 45.2 Å². The first-order valence-electron chi connectivity index (χ1n) is 11.6. The van der Waals surface area contributed by atoms with Crippen molar-refractivity contribution in [3.63, 3.8) is 0 Å². The van der Waals surface area contributed by atoms with Gasteiger partial charge in [0.15, 0.2) is 0 Å². The van der Waals surface area contributed by atoms with Crippen LogP contribution in [0.15, 0.2) is 48.5 Å². The zero-order chi connectivity index (χ0) is 24.5. The molecule has 0 aliphatic carbocycles. The van der Waals surface area contributed by atoms with Gasteiger partial charge in [0, 0.05) is 56.5 Å². The average Bonchev–Trinajstić information content (AvgIpc) is 2.87. The van der Waals surface area contributed by atoms with E-state index in [1.807, 2.05) is 42.2 Å². The lowest BCUT2D eigenvalue weighted by atomic mass is 10.0. The molecule has 182 valence electrons. The quantitative estimate of drug-likeness (QED) is 0.323. The van der Waals surface area contributed by atoms with Crippen molar-refractivity contribution in [2.45, 2.75) is 32.2 Å². The van der Waals surface area contributed by atoms with E-state index in [-0.39, 0.29) is 23.5 Å². The Morgan fingerprint density at radius 1 is 1.15 bits per heavy atom. The number of likely N-dealkylation sites (tertiary alicyclic amines) is 1. The number of hydrogen-bond donors (Lipinski definition) is 1. The number of benzene rings is 2. The van der Waals surface area contributed by atoms with Crippen LogP contribution in [0.1, 0.15) is 46.9 Å². The molecule has 2 aromatic rings. The summed E-state index contributed by atoms with van der Waals surface area (Å²) in [5.41, 5.74) is 1.17. The summed E-state index contributed by atoms with van der Waals surface area (Å²) in [5, 5.41) is 14.6. The van der Waals surface area contributed by atoms with Gasteiger partial charge in [-0.3, -0.25) is 19.7 Å². The highest BCUT2D eigenvalue weighted by Gasteiger charge is 2.31. The van der Waals surface area contributed by atoms with Crippen LogP contribution in [0.3, 0.4) is 0 Å². The van der Waals surface area contributed by atoms with E-state index in [1.54, 1.807) is 24.1 Å². The highest BCUT2D eigenvalue weighted by Crippen LogP contribution is 2.28. The zero-order valence-corrected chi connectivity index (χ0v) is 19.7. The molecule has 9 nitrogen and oxygen atoms in total. The predicted molar refractivity (Wildman–Crippen MR) is 130 cm³/mol. The summed E-state index contributed by atoms with van der Waals surface area (Å²) in [4.78, 5) is 40.9. The molecule has 3 rings (SSSR count). The Kier molecular flexibility index (Phi) is 8.98. The van der Waals surface area contributed by atoms with Crippen LogP contribution < -0.4 is 5.32 Å². The van der Waals surface area contributed by atoms with Crippen LogP contribution in [0.2, 0.25) is 0 Å². The number of anilines is 1. The zero-order valence-electron chi connectivity index (χ0n) is 19.7. The third-order valence-electron chi connectivity index (χ3n) is 6.00. The number of hydrogen-bond acceptors (Lipinski definition) is 6. The number of ether oxygens (including phenoxy) is 1. The molecule has 0 unspecified atom stereocenters. The molecule has 0 bridgehead atoms. The van der Waals surface area contributed by atoms with Gasteiger partial charge in [0.05, 0.1) is 11.5 Å². The molecule has 1 aliphatic rings. The van der Waals surface area contributed by atoms with Crippen molar-refractivity contribution >= 4 is 23.2 Å². The van der Waals surface area contributed by atoms with Crippen molar-refractivity contribution < 1.29 is 19.2 Å². The van der Waals surface area contributed by atoms with Crippen molar-refractivity contribution in [3.8, 4) is 0 Å². The number of nitro groups is 1. The molecular formula is C25H32N4O5. The van der Waals surface area contributed by atoms with Crippen LogP contribution in [-0.2, 0) is 4.74 Å². The molecule has 34 heavy (non-hydrogen) atoms. The molecule has 0 aromatic heterocycles. The minimum atomic E-state index is -0.482. The van der Waals surface area contributed by atoms with E-state index in [9.17, 15) is 19.7 Å². The van der Waals surface area contributed by atoms with Crippen LogP contribution in [0.4, 0.5) is 11.4 Å². The second-order valence-electron chi connectivity index (χ2n) is 8.30. The third-order valence-corrected chi connectivity index (χ3v) is 6.00. The van der Waals surface area contributed by atoms with E-state index in [0.717, 1.165) is 6.42 Å². The van der Waals surface area contributed by atoms with Gasteiger partial charge in [-0.15, -0.1) is 0 Å². The van der Waals surface area contributed by atoms with Gasteiger partial charge in [0.2, 0.25) is 0 Å². The van der Waals surface area contributed by atoms with Crippen LogP contribution in [0.25, 0.3) is 0 Å². The fourth-order valence-corrected chi connectivity index (χ4v) is 4.25. The largest absolute Gasteiger partial charge is 0.383 e. The Morgan fingerprint density at radius 2 is 1.85 bits per heavy atom. The van der Waals surface area contributed by atoms with Gasteiger partial charge >= 0.3 is 0 Å². The number of methoxy groups -OCH3 is 1. The van der Waals surface area contributed by atoms with E-state index in [0.29, 0.717) is 62.4 Å². The number of carbonyl (C=O) groups is 2. The first-order valence-corrected chi connectivity index (χ1v) is 11.6. The normalized spacial score (nSPS) is 14.0. The molecule has 9 heteroatoms. The number of nitrogens with one attached hydrogen (secondary N) is 1. The fraction of sp³-hybridized carbons (Fsp3) is 0.440. The minimum absolute atomic E-state index is 0.000366. The van der Waals surface area contributed by atoms with E-state index >= 15 is 0 Å². The van der Waals surface area contributed by atoms with E-state index in [4.69, 9.17) is 4.74 Å². The molecular weight excluding hydrogens is 436 g/mol. The summed E-state index contributed by atoms with van der Waals surface area (Å²) in [6.07, 6.45) is 2.11. The SMILES string of the molecule is CCCN(C(=O)c1ccc(NCCOC)c([N+](=O)[O-])c1)C1CCN(C(=O)c2ccccc2)CC1. The van der Waals surface area contributed by atoms with Gasteiger partial charge < -0.3 is 19.9 Å². The Labute approximate surface area is 199 Å². The second-order valence-corrected chi connectivity index (χ2v) is 8.30. The molecule has 0 radical (unpaired) electrons. The summed E-state index contributed by atoms with van der Waals surface area (Å²) in [7, 11) is 1.56. The number of carbonyl (C=O) groups excluding carboxylic acids is 2. The molecule has 1 fully saturated rings. The maximum absolute atomic E-state index is 13.4. The molecule has 1 N–H and O–H groups in total. The average molecular weight is 469 g/mol. The highest BCUT2D eigenvalue weighted by atomic mass is 16.6. The van der Waals surface area contributed by atoms with Crippen LogP contribution in [0.5, 0.6) is 0 Å². The monoisotopic (exact) mass is 468 g/mol. The Balaban J connectivity index is 1.71. The van der Waals surface area contributed by atoms with Crippen LogP contribution in [0, 0.1) is 10.1 Å². The maximum atomic E-state index is 13.4. The van der Waals surface area contributed by atoms with Crippen LogP contribution in [-0.4, -0.2) is 72.5 Å². The van der Waals surface area contributed by atoms with Gasteiger partial charge in [-0.2, -0.15) is 0 Å². The Hall–Kier alpha value is -3.46. The van der Waals surface area contributed by atoms with E-state index in [1.165, 1.54) is 6.07 Å². The fourth-order valence-electron chi connectivity index (χ4n) is 4.25. The number of rotatable bonds is 10. The lowest BCUT2D eigenvalue weighted by Crippen LogP contribution is -2.49. The molecule has 1 aliphatic heterocycles. The van der Waals surface area contributed by atoms with E-state index < -0.39 is 4.92 Å². The summed E-state index contributed by atoms with van der Waals surface area (Å²) >= 11 is 0. The lowest BCUT2D eigenvalue weighted by molar-refractivity contribution is -0.384. The van der Waals surface area contributed by atoms with Crippen molar-refractivity contribution in [2.24, 2.45) is 0 Å².